The van der Waals surface area contributed by atoms with Crippen LogP contribution in [0.1, 0.15) is 20.3 Å². The summed E-state index contributed by atoms with van der Waals surface area (Å²) < 4.78 is 27.5. The topological polar surface area (TPSA) is 63.4 Å². The Morgan fingerprint density at radius 2 is 2.05 bits per heavy atom. The van der Waals surface area contributed by atoms with Gasteiger partial charge in [-0.3, -0.25) is 0 Å². The molecule has 1 aliphatic rings. The monoisotopic (exact) mass is 416 g/mol. The van der Waals surface area contributed by atoms with Gasteiger partial charge >= 0.3 is 0 Å². The van der Waals surface area contributed by atoms with Gasteiger partial charge in [-0.05, 0) is 46.0 Å². The molecule has 1 aromatic carbocycles. The van der Waals surface area contributed by atoms with Crippen LogP contribution in [0.3, 0.4) is 0 Å². The Hall–Kier alpha value is 0.150. The first-order chi connectivity index (χ1) is 9.14. The third-order valence-corrected chi connectivity index (χ3v) is 6.86. The first kappa shape index (κ1) is 19.2. The van der Waals surface area contributed by atoms with Gasteiger partial charge in [0.1, 0.15) is 0 Å². The summed E-state index contributed by atoms with van der Waals surface area (Å²) in [7, 11) is -3.56. The highest BCUT2D eigenvalue weighted by Gasteiger charge is 2.39. The van der Waals surface area contributed by atoms with E-state index in [2.05, 4.69) is 15.9 Å². The van der Waals surface area contributed by atoms with E-state index in [1.165, 1.54) is 10.4 Å². The van der Waals surface area contributed by atoms with E-state index in [4.69, 9.17) is 17.3 Å². The van der Waals surface area contributed by atoms with Crippen LogP contribution >= 0.6 is 39.9 Å². The zero-order chi connectivity index (χ0) is 15.1. The van der Waals surface area contributed by atoms with Gasteiger partial charge in [-0.1, -0.05) is 25.4 Å². The second-order valence-electron chi connectivity index (χ2n) is 5.80. The maximum absolute atomic E-state index is 12.8. The van der Waals surface area contributed by atoms with E-state index in [-0.39, 0.29) is 28.8 Å². The molecule has 1 atom stereocenters. The third-order valence-electron chi connectivity index (χ3n) is 3.79. The molecular formula is C13H19BrCl2N2O2S. The highest BCUT2D eigenvalue weighted by molar-refractivity contribution is 9.10. The number of nitrogens with two attached hydrogens (primary N) is 1. The van der Waals surface area contributed by atoms with Crippen LogP contribution in [0, 0.1) is 5.41 Å². The normalized spacial score (nSPS) is 22.6. The second kappa shape index (κ2) is 6.72. The molecule has 120 valence electrons. The molecule has 0 radical (unpaired) electrons. The summed E-state index contributed by atoms with van der Waals surface area (Å²) in [5.74, 6) is 0. The van der Waals surface area contributed by atoms with Gasteiger partial charge in [0.2, 0.25) is 10.0 Å². The molecule has 1 heterocycles. The van der Waals surface area contributed by atoms with Crippen LogP contribution in [-0.4, -0.2) is 31.9 Å². The second-order valence-corrected chi connectivity index (χ2v) is 8.99. The highest BCUT2D eigenvalue weighted by Crippen LogP contribution is 2.34. The molecule has 1 unspecified atom stereocenters. The Balaban J connectivity index is 0.00000220. The predicted molar refractivity (Wildman–Crippen MR) is 91.5 cm³/mol. The van der Waals surface area contributed by atoms with Gasteiger partial charge in [0.15, 0.2) is 0 Å². The Labute approximate surface area is 145 Å². The molecule has 21 heavy (non-hydrogen) atoms. The summed E-state index contributed by atoms with van der Waals surface area (Å²) in [6, 6.07) is 4.79. The third kappa shape index (κ3) is 3.92. The molecule has 0 saturated carbocycles. The van der Waals surface area contributed by atoms with Crippen molar-refractivity contribution in [3.63, 3.8) is 0 Å². The van der Waals surface area contributed by atoms with Crippen LogP contribution in [0.25, 0.3) is 0 Å². The summed E-state index contributed by atoms with van der Waals surface area (Å²) >= 11 is 9.20. The summed E-state index contributed by atoms with van der Waals surface area (Å²) in [4.78, 5) is 0.205. The molecule has 2 N–H and O–H groups in total. The number of hydrogen-bond donors (Lipinski definition) is 1. The van der Waals surface area contributed by atoms with E-state index in [9.17, 15) is 8.42 Å². The molecule has 8 heteroatoms. The number of rotatable bonds is 2. The summed E-state index contributed by atoms with van der Waals surface area (Å²) in [5.41, 5.74) is 5.82. The highest BCUT2D eigenvalue weighted by atomic mass is 79.9. The van der Waals surface area contributed by atoms with Crippen molar-refractivity contribution < 1.29 is 8.42 Å². The van der Waals surface area contributed by atoms with Crippen LogP contribution < -0.4 is 5.73 Å². The molecule has 1 aliphatic heterocycles. The fourth-order valence-electron chi connectivity index (χ4n) is 2.34. The molecule has 1 saturated heterocycles. The van der Waals surface area contributed by atoms with Crippen LogP contribution in [0.2, 0.25) is 5.02 Å². The van der Waals surface area contributed by atoms with E-state index in [1.54, 1.807) is 12.1 Å². The van der Waals surface area contributed by atoms with Gasteiger partial charge in [-0.25, -0.2) is 8.42 Å². The van der Waals surface area contributed by atoms with Gasteiger partial charge in [-0.2, -0.15) is 4.31 Å². The molecule has 0 aliphatic carbocycles. The first-order valence-corrected chi connectivity index (χ1v) is 8.96. The van der Waals surface area contributed by atoms with E-state index >= 15 is 0 Å². The van der Waals surface area contributed by atoms with Gasteiger partial charge in [-0.15, -0.1) is 12.4 Å². The lowest BCUT2D eigenvalue weighted by molar-refractivity contribution is 0.155. The number of benzene rings is 1. The molecule has 0 spiro atoms. The Kier molecular flexibility index (Phi) is 6.15. The van der Waals surface area contributed by atoms with Crippen molar-refractivity contribution in [3.05, 3.63) is 27.7 Å². The molecule has 0 aromatic heterocycles. The maximum atomic E-state index is 12.8. The summed E-state index contributed by atoms with van der Waals surface area (Å²) in [5, 5.41) is 0.403. The molecule has 1 aromatic rings. The predicted octanol–water partition coefficient (Wildman–Crippen LogP) is 3.27. The Morgan fingerprint density at radius 1 is 1.43 bits per heavy atom. The van der Waals surface area contributed by atoms with Crippen molar-refractivity contribution in [1.82, 2.24) is 4.31 Å². The molecule has 0 bridgehead atoms. The van der Waals surface area contributed by atoms with Crippen molar-refractivity contribution in [1.29, 1.82) is 0 Å². The van der Waals surface area contributed by atoms with Crippen molar-refractivity contribution >= 4 is 50.0 Å². The van der Waals surface area contributed by atoms with Gasteiger partial charge in [0.05, 0.1) is 4.90 Å². The molecule has 2 rings (SSSR count). The number of hydrogen-bond acceptors (Lipinski definition) is 3. The van der Waals surface area contributed by atoms with Crippen LogP contribution in [0.15, 0.2) is 27.6 Å². The lowest BCUT2D eigenvalue weighted by Crippen LogP contribution is -2.53. The first-order valence-electron chi connectivity index (χ1n) is 6.35. The fourth-order valence-corrected chi connectivity index (χ4v) is 5.16. The van der Waals surface area contributed by atoms with E-state index < -0.39 is 10.0 Å². The van der Waals surface area contributed by atoms with Crippen LogP contribution in [0.4, 0.5) is 0 Å². The van der Waals surface area contributed by atoms with Gasteiger partial charge in [0.25, 0.3) is 0 Å². The summed E-state index contributed by atoms with van der Waals surface area (Å²) in [6.07, 6.45) is 0.657. The van der Waals surface area contributed by atoms with Crippen molar-refractivity contribution in [2.75, 3.05) is 13.1 Å². The van der Waals surface area contributed by atoms with Crippen molar-refractivity contribution in [3.8, 4) is 0 Å². The minimum atomic E-state index is -3.56. The summed E-state index contributed by atoms with van der Waals surface area (Å²) in [6.45, 7) is 4.83. The van der Waals surface area contributed by atoms with E-state index in [1.807, 2.05) is 13.8 Å². The fraction of sp³-hybridized carbons (Fsp3) is 0.538. The zero-order valence-corrected chi connectivity index (χ0v) is 15.8. The van der Waals surface area contributed by atoms with Crippen molar-refractivity contribution in [2.45, 2.75) is 31.2 Å². The number of piperidine rings is 1. The largest absolute Gasteiger partial charge is 0.327 e. The molecule has 0 amide bonds. The Bertz CT molecular complexity index is 623. The SMILES string of the molecule is CC1(C)CN(S(=O)(=O)c2cc(Cl)ccc2Br)CCC1N.Cl. The maximum Gasteiger partial charge on any atom is 0.244 e. The van der Waals surface area contributed by atoms with Crippen LogP contribution in [0.5, 0.6) is 0 Å². The molecular weight excluding hydrogens is 399 g/mol. The van der Waals surface area contributed by atoms with Crippen molar-refractivity contribution in [2.24, 2.45) is 11.1 Å². The number of halogens is 3. The lowest BCUT2D eigenvalue weighted by Gasteiger charge is -2.41. The molecule has 1 fully saturated rings. The number of sulfonamides is 1. The number of nitrogens with zero attached hydrogens (tertiary/aromatic N) is 1. The van der Waals surface area contributed by atoms with Gasteiger partial charge in [0, 0.05) is 28.6 Å². The van der Waals surface area contributed by atoms with Crippen LogP contribution in [-0.2, 0) is 10.0 Å². The quantitative estimate of drug-likeness (QED) is 0.802. The van der Waals surface area contributed by atoms with E-state index in [0.29, 0.717) is 29.0 Å². The lowest BCUT2D eigenvalue weighted by atomic mass is 9.81. The average Bonchev–Trinajstić information content (AvgIpc) is 2.35. The minimum Gasteiger partial charge on any atom is -0.327 e. The standard InChI is InChI=1S/C13H18BrClN2O2S.ClH/c1-13(2)8-17(6-5-12(13)16)20(18,19)11-7-9(15)3-4-10(11)14;/h3-4,7,12H,5-6,8,16H2,1-2H3;1H. The Morgan fingerprint density at radius 3 is 2.62 bits per heavy atom. The zero-order valence-electron chi connectivity index (χ0n) is 11.8. The smallest absolute Gasteiger partial charge is 0.244 e. The van der Waals surface area contributed by atoms with E-state index in [0.717, 1.165) is 0 Å². The minimum absolute atomic E-state index is 0. The van der Waals surface area contributed by atoms with Gasteiger partial charge < -0.3 is 5.73 Å². The average molecular weight is 418 g/mol. The molecule has 4 nitrogen and oxygen atoms in total.